The normalized spacial score (nSPS) is 17.0. The van der Waals surface area contributed by atoms with Crippen LogP contribution in [0.25, 0.3) is 5.69 Å². The fraction of sp³-hybridized carbons (Fsp3) is 0.312. The number of halogens is 1. The van der Waals surface area contributed by atoms with Crippen molar-refractivity contribution in [2.24, 2.45) is 7.05 Å². The van der Waals surface area contributed by atoms with E-state index in [1.54, 1.807) is 42.9 Å². The topological polar surface area (TPSA) is 103 Å². The zero-order valence-electron chi connectivity index (χ0n) is 24.6. The molecule has 1 amide bonds. The Kier molecular flexibility index (Phi) is 8.71. The van der Waals surface area contributed by atoms with E-state index < -0.39 is 21.5 Å². The van der Waals surface area contributed by atoms with E-state index in [0.29, 0.717) is 11.4 Å². The molecule has 0 aliphatic heterocycles. The number of aryl methyl sites for hydroxylation is 1. The van der Waals surface area contributed by atoms with Gasteiger partial charge in [-0.2, -0.15) is 0 Å². The Bertz CT molecular complexity index is 1820. The number of para-hydroxylation sites is 1. The molecule has 11 heteroatoms. The van der Waals surface area contributed by atoms with Gasteiger partial charge in [0.05, 0.1) is 32.9 Å². The summed E-state index contributed by atoms with van der Waals surface area (Å²) in [5.41, 5.74) is 1.69. The lowest BCUT2D eigenvalue weighted by atomic mass is 9.92. The van der Waals surface area contributed by atoms with Crippen molar-refractivity contribution in [1.82, 2.24) is 14.7 Å². The van der Waals surface area contributed by atoms with Crippen LogP contribution in [0.1, 0.15) is 47.3 Å². The second-order valence-corrected chi connectivity index (χ2v) is 13.2. The van der Waals surface area contributed by atoms with Gasteiger partial charge < -0.3 is 10.1 Å². The molecule has 5 rings (SSSR count). The predicted molar refractivity (Wildman–Crippen MR) is 168 cm³/mol. The largest absolute Gasteiger partial charge is 0.488 e. The Labute approximate surface area is 256 Å². The molecular weight excluding hydrogens is 588 g/mol. The van der Waals surface area contributed by atoms with Gasteiger partial charge in [0, 0.05) is 14.1 Å². The first-order chi connectivity index (χ1) is 20.5. The van der Waals surface area contributed by atoms with Crippen molar-refractivity contribution in [3.63, 3.8) is 0 Å². The molecule has 1 aliphatic carbocycles. The molecule has 0 bridgehead atoms. The van der Waals surface area contributed by atoms with E-state index in [1.807, 2.05) is 37.3 Å². The average Bonchev–Trinajstić information content (AvgIpc) is 3.21. The van der Waals surface area contributed by atoms with Crippen molar-refractivity contribution in [2.75, 3.05) is 11.4 Å². The summed E-state index contributed by atoms with van der Waals surface area (Å²) >= 11 is 6.42. The lowest BCUT2D eigenvalue weighted by Crippen LogP contribution is -2.47. The lowest BCUT2D eigenvalue weighted by Gasteiger charge is -2.32. The summed E-state index contributed by atoms with van der Waals surface area (Å²) < 4.78 is 37.9. The van der Waals surface area contributed by atoms with Crippen LogP contribution in [-0.4, -0.2) is 42.9 Å². The minimum atomic E-state index is -4.24. The van der Waals surface area contributed by atoms with Gasteiger partial charge in [-0.05, 0) is 81.1 Å². The van der Waals surface area contributed by atoms with Gasteiger partial charge >= 0.3 is 0 Å². The number of ether oxygens (including phenoxy) is 1. The second-order valence-electron chi connectivity index (χ2n) is 10.9. The summed E-state index contributed by atoms with van der Waals surface area (Å²) in [7, 11) is -1.22. The summed E-state index contributed by atoms with van der Waals surface area (Å²) in [6.45, 7) is 3.67. The number of benzene rings is 3. The highest BCUT2D eigenvalue weighted by molar-refractivity contribution is 7.92. The first kappa shape index (κ1) is 30.4. The summed E-state index contributed by atoms with van der Waals surface area (Å²) in [4.78, 5) is 26.8. The number of amides is 1. The number of aromatic nitrogens is 2. The minimum Gasteiger partial charge on any atom is -0.488 e. The van der Waals surface area contributed by atoms with E-state index in [1.165, 1.54) is 29.9 Å². The molecule has 0 saturated heterocycles. The van der Waals surface area contributed by atoms with Crippen LogP contribution in [0.4, 0.5) is 5.69 Å². The molecule has 43 heavy (non-hydrogen) atoms. The van der Waals surface area contributed by atoms with E-state index in [0.717, 1.165) is 41.3 Å². The van der Waals surface area contributed by atoms with Crippen molar-refractivity contribution in [3.05, 3.63) is 105 Å². The Hall–Kier alpha value is -4.02. The quantitative estimate of drug-likeness (QED) is 0.284. The fourth-order valence-corrected chi connectivity index (χ4v) is 7.02. The van der Waals surface area contributed by atoms with Gasteiger partial charge in [0.2, 0.25) is 0 Å². The smallest absolute Gasteiger partial charge is 0.296 e. The lowest BCUT2D eigenvalue weighted by molar-refractivity contribution is 0.0797. The van der Waals surface area contributed by atoms with Crippen molar-refractivity contribution >= 4 is 33.2 Å². The molecule has 1 N–H and O–H groups in total. The maximum absolute atomic E-state index is 13.8. The highest BCUT2D eigenvalue weighted by Gasteiger charge is 2.32. The summed E-state index contributed by atoms with van der Waals surface area (Å²) in [5, 5.41) is 3.15. The minimum absolute atomic E-state index is 0.00523. The van der Waals surface area contributed by atoms with Gasteiger partial charge in [0.1, 0.15) is 17.5 Å². The van der Waals surface area contributed by atoms with E-state index in [4.69, 9.17) is 16.3 Å². The summed E-state index contributed by atoms with van der Waals surface area (Å²) in [6, 6.07) is 20.5. The van der Waals surface area contributed by atoms with Crippen LogP contribution in [0.5, 0.6) is 5.75 Å². The molecule has 226 valence electrons. The van der Waals surface area contributed by atoms with Crippen LogP contribution >= 0.6 is 11.6 Å². The Balaban J connectivity index is 1.41. The van der Waals surface area contributed by atoms with Crippen LogP contribution in [0.3, 0.4) is 0 Å². The van der Waals surface area contributed by atoms with Crippen LogP contribution < -0.4 is 19.9 Å². The Morgan fingerprint density at radius 1 is 1.00 bits per heavy atom. The Morgan fingerprint density at radius 3 is 2.44 bits per heavy atom. The zero-order chi connectivity index (χ0) is 30.9. The van der Waals surface area contributed by atoms with Crippen LogP contribution in [0.2, 0.25) is 5.02 Å². The molecule has 1 aromatic heterocycles. The molecule has 1 heterocycles. The number of nitrogens with one attached hydrogen (secondary N) is 1. The molecule has 2 atom stereocenters. The van der Waals surface area contributed by atoms with Crippen molar-refractivity contribution in [3.8, 4) is 11.4 Å². The van der Waals surface area contributed by atoms with Gasteiger partial charge in [-0.15, -0.1) is 0 Å². The van der Waals surface area contributed by atoms with Crippen LogP contribution in [-0.2, 0) is 17.1 Å². The maximum Gasteiger partial charge on any atom is 0.296 e. The van der Waals surface area contributed by atoms with E-state index in [2.05, 4.69) is 5.32 Å². The number of rotatable bonds is 8. The van der Waals surface area contributed by atoms with E-state index in [9.17, 15) is 18.0 Å². The van der Waals surface area contributed by atoms with Gasteiger partial charge in [-0.3, -0.25) is 18.6 Å². The molecule has 3 aromatic carbocycles. The number of nitrogens with zero attached hydrogens (tertiary/aromatic N) is 3. The molecule has 1 fully saturated rings. The van der Waals surface area contributed by atoms with Crippen LogP contribution in [0, 0.1) is 13.8 Å². The molecule has 0 radical (unpaired) electrons. The number of carbonyl (C=O) groups is 1. The maximum atomic E-state index is 13.8. The third-order valence-electron chi connectivity index (χ3n) is 7.98. The molecule has 2 unspecified atom stereocenters. The van der Waals surface area contributed by atoms with E-state index >= 15 is 0 Å². The SMILES string of the molecule is Cc1cccc(OC2CCCCC2NC(=O)c2cc(S(=O)(=O)N(C)c3c(C)n(C)n(-c4ccccc4)c3=O)ccc2Cl)c1. The number of carbonyl (C=O) groups excluding carboxylic acids is 1. The molecule has 1 saturated carbocycles. The average molecular weight is 623 g/mol. The number of anilines is 1. The van der Waals surface area contributed by atoms with Crippen molar-refractivity contribution in [2.45, 2.75) is 56.6 Å². The van der Waals surface area contributed by atoms with Crippen molar-refractivity contribution < 1.29 is 17.9 Å². The monoisotopic (exact) mass is 622 g/mol. The third-order valence-corrected chi connectivity index (χ3v) is 10.1. The fourth-order valence-electron chi connectivity index (χ4n) is 5.55. The molecule has 1 aliphatic rings. The second kappa shape index (κ2) is 12.3. The van der Waals surface area contributed by atoms with Crippen LogP contribution in [0.15, 0.2) is 82.5 Å². The third kappa shape index (κ3) is 6.07. The Morgan fingerprint density at radius 2 is 1.72 bits per heavy atom. The van der Waals surface area contributed by atoms with Gasteiger partial charge in [-0.1, -0.05) is 48.4 Å². The highest BCUT2D eigenvalue weighted by atomic mass is 35.5. The number of hydrogen-bond acceptors (Lipinski definition) is 5. The van der Waals surface area contributed by atoms with Crippen molar-refractivity contribution in [1.29, 1.82) is 0 Å². The molecule has 4 aromatic rings. The first-order valence-corrected chi connectivity index (χ1v) is 16.0. The number of hydrogen-bond donors (Lipinski definition) is 1. The van der Waals surface area contributed by atoms with Gasteiger partial charge in [0.15, 0.2) is 0 Å². The van der Waals surface area contributed by atoms with Gasteiger partial charge in [0.25, 0.3) is 21.5 Å². The zero-order valence-corrected chi connectivity index (χ0v) is 26.2. The standard InChI is InChI=1S/C32H35ClN4O5S/c1-21-11-10-14-24(19-21)42-29-16-9-8-15-28(29)34-31(38)26-20-25(17-18-27(26)33)43(40,41)36(4)30-22(2)35(3)37(32(30)39)23-12-6-5-7-13-23/h5-7,10-14,17-20,28-29H,8-9,15-16H2,1-4H3,(H,34,38). The summed E-state index contributed by atoms with van der Waals surface area (Å²) in [6.07, 6.45) is 3.19. The number of sulfonamides is 1. The summed E-state index contributed by atoms with van der Waals surface area (Å²) in [5.74, 6) is 0.250. The van der Waals surface area contributed by atoms with Gasteiger partial charge in [-0.25, -0.2) is 13.1 Å². The molecule has 0 spiro atoms. The van der Waals surface area contributed by atoms with E-state index in [-0.39, 0.29) is 33.3 Å². The highest BCUT2D eigenvalue weighted by Crippen LogP contribution is 2.29. The first-order valence-electron chi connectivity index (χ1n) is 14.2. The molecule has 9 nitrogen and oxygen atoms in total. The molecular formula is C32H35ClN4O5S. The predicted octanol–water partition coefficient (Wildman–Crippen LogP) is 5.39.